The van der Waals surface area contributed by atoms with Crippen LogP contribution in [0.1, 0.15) is 34.6 Å². The minimum absolute atomic E-state index is 0.323. The first-order valence-corrected chi connectivity index (χ1v) is 7.25. The second-order valence-electron chi connectivity index (χ2n) is 6.48. The number of imidazole rings is 1. The van der Waals surface area contributed by atoms with Gasteiger partial charge in [-0.2, -0.15) is 0 Å². The lowest BCUT2D eigenvalue weighted by molar-refractivity contribution is 0.00578. The predicted molar refractivity (Wildman–Crippen MR) is 81.1 cm³/mol. The molecule has 21 heavy (non-hydrogen) atoms. The lowest BCUT2D eigenvalue weighted by Crippen LogP contribution is -2.41. The second-order valence-corrected chi connectivity index (χ2v) is 6.48. The molecule has 0 saturated carbocycles. The third kappa shape index (κ3) is 2.17. The smallest absolute Gasteiger partial charge is 0.399 e. The molecule has 2 heterocycles. The van der Waals surface area contributed by atoms with Crippen molar-refractivity contribution in [1.29, 1.82) is 0 Å². The fraction of sp³-hybridized carbons (Fsp3) is 0.533. The first-order valence-electron chi connectivity index (χ1n) is 7.25. The summed E-state index contributed by atoms with van der Waals surface area (Å²) < 4.78 is 28.2. The van der Waals surface area contributed by atoms with Crippen molar-refractivity contribution in [2.24, 2.45) is 0 Å². The molecular weight excluding hydrogens is 270 g/mol. The number of benzene rings is 1. The zero-order valence-corrected chi connectivity index (χ0v) is 13.1. The molecule has 0 bridgehead atoms. The van der Waals surface area contributed by atoms with Gasteiger partial charge in [0.05, 0.1) is 28.6 Å². The number of nitrogens with zero attached hydrogens (tertiary/aromatic N) is 2. The maximum absolute atomic E-state index is 14.5. The number of hydrogen-bond donors (Lipinski definition) is 0. The zero-order chi connectivity index (χ0) is 15.4. The van der Waals surface area contributed by atoms with Crippen LogP contribution in [0.25, 0.3) is 11.0 Å². The fourth-order valence-corrected chi connectivity index (χ4v) is 2.50. The van der Waals surface area contributed by atoms with E-state index in [4.69, 9.17) is 9.31 Å². The lowest BCUT2D eigenvalue weighted by Gasteiger charge is -2.32. The van der Waals surface area contributed by atoms with Crippen molar-refractivity contribution in [3.8, 4) is 0 Å². The van der Waals surface area contributed by atoms with Crippen LogP contribution in [0.15, 0.2) is 18.5 Å². The summed E-state index contributed by atoms with van der Waals surface area (Å²) >= 11 is 0. The number of halogens is 1. The summed E-state index contributed by atoms with van der Waals surface area (Å²) in [6.07, 6.45) is 1.72. The number of rotatable bonds is 2. The van der Waals surface area contributed by atoms with E-state index < -0.39 is 18.3 Å². The van der Waals surface area contributed by atoms with Crippen molar-refractivity contribution in [2.75, 3.05) is 0 Å². The van der Waals surface area contributed by atoms with Crippen LogP contribution in [0.3, 0.4) is 0 Å². The molecule has 3 rings (SSSR count). The highest BCUT2D eigenvalue weighted by Gasteiger charge is 2.52. The molecule has 1 aromatic carbocycles. The Bertz CT molecular complexity index is 680. The Balaban J connectivity index is 2.04. The lowest BCUT2D eigenvalue weighted by atomic mass is 9.78. The average Bonchev–Trinajstić information content (AvgIpc) is 2.86. The van der Waals surface area contributed by atoms with Crippen molar-refractivity contribution in [1.82, 2.24) is 9.55 Å². The van der Waals surface area contributed by atoms with Gasteiger partial charge in [0.1, 0.15) is 5.82 Å². The maximum atomic E-state index is 14.5. The Labute approximate surface area is 124 Å². The zero-order valence-electron chi connectivity index (χ0n) is 13.1. The molecular formula is C15H20BFN2O2. The minimum Gasteiger partial charge on any atom is -0.399 e. The van der Waals surface area contributed by atoms with Crippen LogP contribution < -0.4 is 5.46 Å². The standard InChI is InChI=1S/C15H20BFN2O2/c1-6-19-9-18-12-7-10(11(17)8-13(12)19)16-20-14(2,3)15(4,5)21-16/h7-9H,6H2,1-5H3. The van der Waals surface area contributed by atoms with E-state index in [0.717, 1.165) is 17.6 Å². The van der Waals surface area contributed by atoms with Gasteiger partial charge in [0, 0.05) is 12.0 Å². The summed E-state index contributed by atoms with van der Waals surface area (Å²) in [6.45, 7) is 10.6. The molecule has 0 aliphatic carbocycles. The van der Waals surface area contributed by atoms with Crippen molar-refractivity contribution >= 4 is 23.6 Å². The van der Waals surface area contributed by atoms with Gasteiger partial charge in [0.15, 0.2) is 0 Å². The van der Waals surface area contributed by atoms with Gasteiger partial charge in [0.2, 0.25) is 0 Å². The summed E-state index contributed by atoms with van der Waals surface area (Å²) in [6, 6.07) is 3.23. The van der Waals surface area contributed by atoms with Crippen LogP contribution >= 0.6 is 0 Å². The molecule has 6 heteroatoms. The Morgan fingerprint density at radius 3 is 2.38 bits per heavy atom. The van der Waals surface area contributed by atoms with Crippen LogP contribution in [0, 0.1) is 5.82 Å². The summed E-state index contributed by atoms with van der Waals surface area (Å²) in [5.41, 5.74) is 0.977. The topological polar surface area (TPSA) is 36.3 Å². The Kier molecular flexibility index (Phi) is 3.15. The van der Waals surface area contributed by atoms with E-state index in [1.165, 1.54) is 6.07 Å². The molecule has 0 amide bonds. The highest BCUT2D eigenvalue weighted by Crippen LogP contribution is 2.36. The predicted octanol–water partition coefficient (Wildman–Crippen LogP) is 2.49. The van der Waals surface area contributed by atoms with Gasteiger partial charge in [-0.25, -0.2) is 9.37 Å². The molecule has 2 aromatic rings. The molecule has 0 atom stereocenters. The summed E-state index contributed by atoms with van der Waals surface area (Å²) in [5, 5.41) is 0. The second kappa shape index (κ2) is 4.55. The molecule has 0 unspecified atom stereocenters. The molecule has 1 aliphatic heterocycles. The highest BCUT2D eigenvalue weighted by atomic mass is 19.1. The summed E-state index contributed by atoms with van der Waals surface area (Å²) in [5.74, 6) is -0.323. The van der Waals surface area contributed by atoms with E-state index in [0.29, 0.717) is 5.46 Å². The van der Waals surface area contributed by atoms with E-state index in [9.17, 15) is 4.39 Å². The maximum Gasteiger partial charge on any atom is 0.497 e. The molecule has 0 radical (unpaired) electrons. The average molecular weight is 290 g/mol. The largest absolute Gasteiger partial charge is 0.497 e. The normalized spacial score (nSPS) is 20.4. The first-order chi connectivity index (χ1) is 9.75. The van der Waals surface area contributed by atoms with E-state index in [1.54, 1.807) is 12.4 Å². The van der Waals surface area contributed by atoms with E-state index >= 15 is 0 Å². The van der Waals surface area contributed by atoms with Gasteiger partial charge in [-0.15, -0.1) is 0 Å². The molecule has 1 aromatic heterocycles. The minimum atomic E-state index is -0.703. The molecule has 0 N–H and O–H groups in total. The van der Waals surface area contributed by atoms with Crippen molar-refractivity contribution in [2.45, 2.75) is 52.4 Å². The number of hydrogen-bond acceptors (Lipinski definition) is 3. The van der Waals surface area contributed by atoms with Gasteiger partial charge in [0.25, 0.3) is 0 Å². The molecule has 1 aliphatic rings. The molecule has 0 spiro atoms. The molecule has 1 saturated heterocycles. The van der Waals surface area contributed by atoms with Crippen molar-refractivity contribution in [3.05, 3.63) is 24.3 Å². The number of aryl methyl sites for hydroxylation is 1. The third-order valence-electron chi connectivity index (χ3n) is 4.59. The first kappa shape index (κ1) is 14.5. The highest BCUT2D eigenvalue weighted by molar-refractivity contribution is 6.62. The van der Waals surface area contributed by atoms with Crippen LogP contribution in [0.4, 0.5) is 4.39 Å². The summed E-state index contributed by atoms with van der Waals surface area (Å²) in [7, 11) is -0.703. The molecule has 4 nitrogen and oxygen atoms in total. The fourth-order valence-electron chi connectivity index (χ4n) is 2.50. The Hall–Kier alpha value is -1.40. The Morgan fingerprint density at radius 1 is 1.19 bits per heavy atom. The van der Waals surface area contributed by atoms with Crippen LogP contribution in [-0.2, 0) is 15.9 Å². The van der Waals surface area contributed by atoms with Crippen LogP contribution in [-0.4, -0.2) is 27.9 Å². The van der Waals surface area contributed by atoms with Crippen molar-refractivity contribution < 1.29 is 13.7 Å². The van der Waals surface area contributed by atoms with Gasteiger partial charge in [-0.1, -0.05) is 0 Å². The Morgan fingerprint density at radius 2 is 1.81 bits per heavy atom. The molecule has 1 fully saturated rings. The van der Waals surface area contributed by atoms with Crippen LogP contribution in [0.2, 0.25) is 0 Å². The van der Waals surface area contributed by atoms with Gasteiger partial charge < -0.3 is 13.9 Å². The third-order valence-corrected chi connectivity index (χ3v) is 4.59. The number of fused-ring (bicyclic) bond motifs is 1. The molecule has 112 valence electrons. The van der Waals surface area contributed by atoms with Gasteiger partial charge in [-0.05, 0) is 46.8 Å². The number of aromatic nitrogens is 2. The quantitative estimate of drug-likeness (QED) is 0.797. The van der Waals surface area contributed by atoms with E-state index in [2.05, 4.69) is 4.98 Å². The monoisotopic (exact) mass is 290 g/mol. The van der Waals surface area contributed by atoms with Crippen molar-refractivity contribution in [3.63, 3.8) is 0 Å². The van der Waals surface area contributed by atoms with Gasteiger partial charge in [-0.3, -0.25) is 0 Å². The van der Waals surface area contributed by atoms with Crippen LogP contribution in [0.5, 0.6) is 0 Å². The SMILES string of the molecule is CCn1cnc2cc(B3OC(C)(C)C(C)(C)O3)c(F)cc21. The summed E-state index contributed by atoms with van der Waals surface area (Å²) in [4.78, 5) is 4.32. The van der Waals surface area contributed by atoms with E-state index in [-0.39, 0.29) is 5.82 Å². The van der Waals surface area contributed by atoms with Gasteiger partial charge >= 0.3 is 7.12 Å². The van der Waals surface area contributed by atoms with E-state index in [1.807, 2.05) is 39.2 Å².